The van der Waals surface area contributed by atoms with Gasteiger partial charge >= 0.3 is 0 Å². The summed E-state index contributed by atoms with van der Waals surface area (Å²) in [6, 6.07) is 8.89. The maximum absolute atomic E-state index is 6.25. The van der Waals surface area contributed by atoms with Gasteiger partial charge < -0.3 is 30.7 Å². The second kappa shape index (κ2) is 15.2. The molecule has 0 aromatic heterocycles. The monoisotopic (exact) mass is 612 g/mol. The van der Waals surface area contributed by atoms with Crippen LogP contribution in [0.4, 0.5) is 0 Å². The van der Waals surface area contributed by atoms with Crippen molar-refractivity contribution in [1.82, 2.24) is 21.3 Å². The van der Waals surface area contributed by atoms with Crippen molar-refractivity contribution in [2.24, 2.45) is 0 Å². The van der Waals surface area contributed by atoms with E-state index in [0.29, 0.717) is 49.6 Å². The summed E-state index contributed by atoms with van der Waals surface area (Å²) < 4.78 is 12.5. The van der Waals surface area contributed by atoms with E-state index in [0.717, 1.165) is 48.3 Å². The fraction of sp³-hybridized carbons (Fsp3) is 0.588. The molecule has 0 radical (unpaired) electrons. The Bertz CT molecular complexity index is 1150. The van der Waals surface area contributed by atoms with Crippen molar-refractivity contribution in [3.05, 3.63) is 57.6 Å². The molecule has 0 fully saturated rings. The molecule has 0 amide bonds. The van der Waals surface area contributed by atoms with Crippen LogP contribution < -0.4 is 30.7 Å². The van der Waals surface area contributed by atoms with Crippen molar-refractivity contribution in [3.8, 4) is 11.5 Å². The number of thiocarbonyl (C=S) groups is 2. The summed E-state index contributed by atoms with van der Waals surface area (Å²) in [5.41, 5.74) is 7.16. The summed E-state index contributed by atoms with van der Waals surface area (Å²) in [6.45, 7) is 21.6. The summed E-state index contributed by atoms with van der Waals surface area (Å²) in [5.74, 6) is 1.65. The highest BCUT2D eigenvalue weighted by Crippen LogP contribution is 2.35. The first-order valence-corrected chi connectivity index (χ1v) is 16.3. The molecule has 0 saturated carbocycles. The highest BCUT2D eigenvalue weighted by atomic mass is 32.1. The van der Waals surface area contributed by atoms with E-state index in [1.807, 2.05) is 6.07 Å². The summed E-state index contributed by atoms with van der Waals surface area (Å²) in [6.07, 6.45) is 4.13. The smallest absolute Gasteiger partial charge is 0.166 e. The third kappa shape index (κ3) is 9.73. The fourth-order valence-electron chi connectivity index (χ4n) is 5.07. The number of hydrogen-bond donors (Lipinski definition) is 4. The Morgan fingerprint density at radius 3 is 1.29 bits per heavy atom. The minimum Gasteiger partial charge on any atom is -0.493 e. The maximum atomic E-state index is 6.25. The number of rotatable bonds is 8. The normalized spacial score (nSPS) is 14.8. The molecule has 0 unspecified atom stereocenters. The zero-order valence-electron chi connectivity index (χ0n) is 27.0. The number of unbranched alkanes of at least 4 members (excludes halogenated alkanes) is 2. The molecule has 1 aliphatic rings. The van der Waals surface area contributed by atoms with Gasteiger partial charge in [-0.2, -0.15) is 0 Å². The molecule has 232 valence electrons. The zero-order valence-corrected chi connectivity index (χ0v) is 28.6. The van der Waals surface area contributed by atoms with Gasteiger partial charge in [-0.05, 0) is 76.4 Å². The Labute approximate surface area is 265 Å². The maximum Gasteiger partial charge on any atom is 0.166 e. The van der Waals surface area contributed by atoms with Gasteiger partial charge in [-0.25, -0.2) is 0 Å². The molecular formula is C34H52N4O2S2. The van der Waals surface area contributed by atoms with Crippen molar-refractivity contribution in [2.75, 3.05) is 13.2 Å². The van der Waals surface area contributed by atoms with Crippen LogP contribution in [0, 0.1) is 0 Å². The molecule has 6 nitrogen and oxygen atoms in total. The number of nitrogens with one attached hydrogen (secondary N) is 4. The van der Waals surface area contributed by atoms with Gasteiger partial charge in [0.15, 0.2) is 10.2 Å². The molecule has 0 saturated heterocycles. The van der Waals surface area contributed by atoms with E-state index in [1.54, 1.807) is 0 Å². The SMILES string of the molecule is CCCCOc1cc(OCCCC)c2cc1CNC(=S)NCc1cc(c(C(C)(C)C)cc1C(C)(C)C)CNC(=S)NC2. The third-order valence-electron chi connectivity index (χ3n) is 7.46. The molecule has 2 aromatic carbocycles. The Hall–Kier alpha value is -2.58. The lowest BCUT2D eigenvalue weighted by atomic mass is 9.76. The Balaban J connectivity index is 2.00. The van der Waals surface area contributed by atoms with Crippen LogP contribution in [0.25, 0.3) is 0 Å². The van der Waals surface area contributed by atoms with Crippen LogP contribution in [-0.2, 0) is 37.0 Å². The topological polar surface area (TPSA) is 66.6 Å². The average molecular weight is 613 g/mol. The Morgan fingerprint density at radius 1 is 0.571 bits per heavy atom. The van der Waals surface area contributed by atoms with E-state index in [-0.39, 0.29) is 10.8 Å². The minimum absolute atomic E-state index is 0.0161. The first-order chi connectivity index (χ1) is 19.8. The van der Waals surface area contributed by atoms with Crippen molar-refractivity contribution in [1.29, 1.82) is 0 Å². The number of ether oxygens (including phenoxy) is 2. The molecule has 4 bridgehead atoms. The average Bonchev–Trinajstić information content (AvgIpc) is 2.92. The second-order valence-electron chi connectivity index (χ2n) is 13.2. The molecule has 1 aliphatic heterocycles. The van der Waals surface area contributed by atoms with Crippen LogP contribution in [0.2, 0.25) is 0 Å². The first-order valence-electron chi connectivity index (χ1n) is 15.4. The Kier molecular flexibility index (Phi) is 12.3. The highest BCUT2D eigenvalue weighted by Gasteiger charge is 2.25. The van der Waals surface area contributed by atoms with Crippen LogP contribution in [0.5, 0.6) is 11.5 Å². The lowest BCUT2D eigenvalue weighted by Crippen LogP contribution is -2.37. The van der Waals surface area contributed by atoms with Gasteiger partial charge in [0.2, 0.25) is 0 Å². The quantitative estimate of drug-likeness (QED) is 0.183. The van der Waals surface area contributed by atoms with Gasteiger partial charge in [-0.3, -0.25) is 0 Å². The molecular weight excluding hydrogens is 561 g/mol. The van der Waals surface area contributed by atoms with E-state index >= 15 is 0 Å². The van der Waals surface area contributed by atoms with Gasteiger partial charge in [0.05, 0.1) is 13.2 Å². The van der Waals surface area contributed by atoms with E-state index in [4.69, 9.17) is 33.9 Å². The standard InChI is InChI=1S/C34H52N4O2S2/c1-9-11-13-39-29-18-30(40-14-12-10-2)26-16-25(29)21-37-31(41)35-19-23-15-24(20-36-32(42)38-22-26)28(34(6,7)8)17-27(23)33(3,4)5/h15-18H,9-14,19-22H2,1-8H3,(H2,35,37,41)(H2,36,38,42). The van der Waals surface area contributed by atoms with Crippen LogP contribution >= 0.6 is 24.4 Å². The number of fused-ring (bicyclic) bond motifs is 4. The summed E-state index contributed by atoms with van der Waals surface area (Å²) in [5, 5.41) is 15.0. The minimum atomic E-state index is -0.0161. The van der Waals surface area contributed by atoms with Gasteiger partial charge in [0.1, 0.15) is 11.5 Å². The van der Waals surface area contributed by atoms with Crippen molar-refractivity contribution in [2.45, 2.75) is 118 Å². The predicted molar refractivity (Wildman–Crippen MR) is 184 cm³/mol. The molecule has 0 atom stereocenters. The van der Waals surface area contributed by atoms with Crippen molar-refractivity contribution < 1.29 is 9.47 Å². The lowest BCUT2D eigenvalue weighted by molar-refractivity contribution is 0.290. The summed E-state index contributed by atoms with van der Waals surface area (Å²) >= 11 is 11.5. The molecule has 42 heavy (non-hydrogen) atoms. The predicted octanol–water partition coefficient (Wildman–Crippen LogP) is 7.28. The first kappa shape index (κ1) is 33.9. The third-order valence-corrected chi connectivity index (χ3v) is 8.03. The van der Waals surface area contributed by atoms with Crippen molar-refractivity contribution in [3.63, 3.8) is 0 Å². The fourth-order valence-corrected chi connectivity index (χ4v) is 5.36. The van der Waals surface area contributed by atoms with Gasteiger partial charge in [-0.1, -0.05) is 80.4 Å². The van der Waals surface area contributed by atoms with E-state index in [1.165, 1.54) is 22.3 Å². The van der Waals surface area contributed by atoms with Crippen LogP contribution in [0.15, 0.2) is 24.3 Å². The van der Waals surface area contributed by atoms with Crippen LogP contribution in [-0.4, -0.2) is 23.4 Å². The Morgan fingerprint density at radius 2 is 0.929 bits per heavy atom. The molecule has 4 N–H and O–H groups in total. The number of benzene rings is 2. The summed E-state index contributed by atoms with van der Waals surface area (Å²) in [4.78, 5) is 0. The molecule has 1 heterocycles. The van der Waals surface area contributed by atoms with Crippen molar-refractivity contribution >= 4 is 34.7 Å². The van der Waals surface area contributed by atoms with Gasteiger partial charge in [0.25, 0.3) is 0 Å². The van der Waals surface area contributed by atoms with E-state index < -0.39 is 0 Å². The van der Waals surface area contributed by atoms with Crippen LogP contribution in [0.1, 0.15) is 114 Å². The molecule has 0 aliphatic carbocycles. The van der Waals surface area contributed by atoms with Gasteiger partial charge in [-0.15, -0.1) is 0 Å². The molecule has 2 aromatic rings. The van der Waals surface area contributed by atoms with Gasteiger partial charge in [0, 0.05) is 43.4 Å². The van der Waals surface area contributed by atoms with Crippen LogP contribution in [0.3, 0.4) is 0 Å². The summed E-state index contributed by atoms with van der Waals surface area (Å²) in [7, 11) is 0. The lowest BCUT2D eigenvalue weighted by Gasteiger charge is -2.30. The molecule has 0 spiro atoms. The van der Waals surface area contributed by atoms with E-state index in [2.05, 4.69) is 94.9 Å². The molecule has 8 heteroatoms. The molecule has 3 rings (SSSR count). The zero-order chi connectivity index (χ0) is 30.9. The number of hydrogen-bond acceptors (Lipinski definition) is 4. The highest BCUT2D eigenvalue weighted by molar-refractivity contribution is 7.80. The second-order valence-corrected chi connectivity index (χ2v) is 14.0. The van der Waals surface area contributed by atoms with E-state index in [9.17, 15) is 0 Å². The largest absolute Gasteiger partial charge is 0.493 e.